The van der Waals surface area contributed by atoms with Crippen LogP contribution in [0.25, 0.3) is 11.1 Å². The van der Waals surface area contributed by atoms with Crippen molar-refractivity contribution < 1.29 is 9.53 Å². The summed E-state index contributed by atoms with van der Waals surface area (Å²) in [5, 5.41) is 11.6. The molecule has 2 aromatic heterocycles. The zero-order valence-electron chi connectivity index (χ0n) is 20.6. The van der Waals surface area contributed by atoms with Gasteiger partial charge in [0.25, 0.3) is 0 Å². The Kier molecular flexibility index (Phi) is 6.72. The molecule has 1 aromatic carbocycles. The molecule has 2 aliphatic heterocycles. The monoisotopic (exact) mass is 474 g/mol. The third kappa shape index (κ3) is 5.17. The number of piperidine rings is 1. The number of anilines is 1. The number of aryl methyl sites for hydroxylation is 1. The van der Waals surface area contributed by atoms with Gasteiger partial charge >= 0.3 is 0 Å². The van der Waals surface area contributed by atoms with E-state index in [1.165, 1.54) is 5.56 Å². The normalized spacial score (nSPS) is 21.6. The summed E-state index contributed by atoms with van der Waals surface area (Å²) in [5.41, 5.74) is 4.11. The number of hydrogen-bond acceptors (Lipinski definition) is 6. The molecule has 2 N–H and O–H groups in total. The molecule has 1 saturated heterocycles. The van der Waals surface area contributed by atoms with Crippen LogP contribution in [0, 0.1) is 11.8 Å². The van der Waals surface area contributed by atoms with E-state index in [1.807, 2.05) is 43.7 Å². The highest BCUT2D eigenvalue weighted by Crippen LogP contribution is 2.34. The number of likely N-dealkylation sites (tertiary alicyclic amines) is 1. The highest BCUT2D eigenvalue weighted by Gasteiger charge is 2.32. The molecule has 0 spiro atoms. The van der Waals surface area contributed by atoms with Crippen LogP contribution in [0.4, 0.5) is 5.69 Å². The van der Waals surface area contributed by atoms with E-state index in [0.717, 1.165) is 36.3 Å². The van der Waals surface area contributed by atoms with Crippen molar-refractivity contribution in [2.75, 3.05) is 32.0 Å². The SMILES string of the molecule is C[C@H](CN[C@H](c1ccccc1)[C@@H]1CNc2cc(-c3cnn(C)c3)cnc2O1)[C@@H]1CCN(C)C(=O)C1. The maximum Gasteiger partial charge on any atom is 0.237 e. The lowest BCUT2D eigenvalue weighted by atomic mass is 9.84. The van der Waals surface area contributed by atoms with E-state index in [-0.39, 0.29) is 18.1 Å². The Hall–Kier alpha value is -3.39. The number of aromatic nitrogens is 3. The van der Waals surface area contributed by atoms with Crippen molar-refractivity contribution >= 4 is 11.6 Å². The van der Waals surface area contributed by atoms with Crippen LogP contribution in [-0.2, 0) is 11.8 Å². The molecule has 8 nitrogen and oxygen atoms in total. The van der Waals surface area contributed by atoms with E-state index >= 15 is 0 Å². The van der Waals surface area contributed by atoms with E-state index < -0.39 is 0 Å². The number of carbonyl (C=O) groups is 1. The molecule has 184 valence electrons. The van der Waals surface area contributed by atoms with Crippen molar-refractivity contribution in [1.82, 2.24) is 25.0 Å². The first-order valence-corrected chi connectivity index (χ1v) is 12.4. The molecular weight excluding hydrogens is 440 g/mol. The summed E-state index contributed by atoms with van der Waals surface area (Å²) in [6.07, 6.45) is 7.22. The maximum atomic E-state index is 12.2. The first-order chi connectivity index (χ1) is 17.0. The second-order valence-corrected chi connectivity index (χ2v) is 9.86. The van der Waals surface area contributed by atoms with Crippen molar-refractivity contribution in [2.24, 2.45) is 18.9 Å². The van der Waals surface area contributed by atoms with E-state index in [1.54, 1.807) is 4.68 Å². The summed E-state index contributed by atoms with van der Waals surface area (Å²) in [7, 11) is 3.80. The standard InChI is InChI=1S/C27H34N6O2/c1-18(20-9-10-32(2)25(34)12-20)13-29-26(19-7-5-4-6-8-19)24-16-28-23-11-21(14-30-27(23)35-24)22-15-31-33(3)17-22/h4-8,11,14-15,17-18,20,24,26,28-29H,9-10,12-13,16H2,1-3H3/t18-,20-,24+,26-/m1/s1. The van der Waals surface area contributed by atoms with Gasteiger partial charge < -0.3 is 20.3 Å². The molecule has 3 aromatic rings. The number of pyridine rings is 1. The summed E-state index contributed by atoms with van der Waals surface area (Å²) in [4.78, 5) is 18.7. The van der Waals surface area contributed by atoms with Gasteiger partial charge in [0.15, 0.2) is 0 Å². The molecule has 4 heterocycles. The van der Waals surface area contributed by atoms with Crippen LogP contribution >= 0.6 is 0 Å². The fourth-order valence-electron chi connectivity index (χ4n) is 5.04. The van der Waals surface area contributed by atoms with Crippen LogP contribution in [0.3, 0.4) is 0 Å². The van der Waals surface area contributed by atoms with E-state index in [9.17, 15) is 4.79 Å². The van der Waals surface area contributed by atoms with Crippen LogP contribution in [0.1, 0.15) is 31.4 Å². The third-order valence-electron chi connectivity index (χ3n) is 7.34. The van der Waals surface area contributed by atoms with Crippen LogP contribution < -0.4 is 15.4 Å². The minimum Gasteiger partial charge on any atom is -0.469 e. The lowest BCUT2D eigenvalue weighted by molar-refractivity contribution is -0.134. The molecule has 8 heteroatoms. The second kappa shape index (κ2) is 10.1. The van der Waals surface area contributed by atoms with Crippen molar-refractivity contribution in [3.8, 4) is 17.0 Å². The van der Waals surface area contributed by atoms with Gasteiger partial charge in [-0.1, -0.05) is 37.3 Å². The molecule has 0 radical (unpaired) electrons. The topological polar surface area (TPSA) is 84.3 Å². The molecule has 0 bridgehead atoms. The molecule has 0 unspecified atom stereocenters. The lowest BCUT2D eigenvalue weighted by Gasteiger charge is -2.36. The molecule has 0 saturated carbocycles. The van der Waals surface area contributed by atoms with Gasteiger partial charge in [0.2, 0.25) is 11.8 Å². The second-order valence-electron chi connectivity index (χ2n) is 9.86. The van der Waals surface area contributed by atoms with E-state index in [2.05, 4.69) is 58.0 Å². The Bertz CT molecular complexity index is 1160. The molecule has 0 aliphatic carbocycles. The summed E-state index contributed by atoms with van der Waals surface area (Å²) in [6, 6.07) is 12.5. The Labute approximate surface area is 206 Å². The number of carbonyl (C=O) groups excluding carboxylic acids is 1. The Balaban J connectivity index is 1.30. The zero-order valence-corrected chi connectivity index (χ0v) is 20.6. The smallest absolute Gasteiger partial charge is 0.237 e. The molecule has 2 aliphatic rings. The van der Waals surface area contributed by atoms with Gasteiger partial charge in [0, 0.05) is 50.6 Å². The van der Waals surface area contributed by atoms with Gasteiger partial charge in [-0.2, -0.15) is 5.10 Å². The number of nitrogens with zero attached hydrogens (tertiary/aromatic N) is 4. The van der Waals surface area contributed by atoms with Gasteiger partial charge in [-0.15, -0.1) is 0 Å². The maximum absolute atomic E-state index is 12.2. The first kappa shape index (κ1) is 23.4. The van der Waals surface area contributed by atoms with Crippen LogP contribution in [-0.4, -0.2) is 58.4 Å². The number of hydrogen-bond donors (Lipinski definition) is 2. The molecule has 35 heavy (non-hydrogen) atoms. The van der Waals surface area contributed by atoms with Crippen LogP contribution in [0.5, 0.6) is 5.88 Å². The predicted molar refractivity (Wildman–Crippen MR) is 136 cm³/mol. The average molecular weight is 475 g/mol. The molecule has 1 amide bonds. The lowest BCUT2D eigenvalue weighted by Crippen LogP contribution is -2.45. The van der Waals surface area contributed by atoms with Gasteiger partial charge in [-0.3, -0.25) is 9.48 Å². The predicted octanol–water partition coefficient (Wildman–Crippen LogP) is 3.49. The van der Waals surface area contributed by atoms with Crippen LogP contribution in [0.2, 0.25) is 0 Å². The molecule has 4 atom stereocenters. The number of fused-ring (bicyclic) bond motifs is 1. The number of rotatable bonds is 7. The fourth-order valence-corrected chi connectivity index (χ4v) is 5.04. The van der Waals surface area contributed by atoms with Gasteiger partial charge in [0.05, 0.1) is 24.5 Å². The number of ether oxygens (including phenoxy) is 1. The molecular formula is C27H34N6O2. The highest BCUT2D eigenvalue weighted by molar-refractivity contribution is 5.76. The fraction of sp³-hybridized carbons (Fsp3) is 0.444. The van der Waals surface area contributed by atoms with Gasteiger partial charge in [-0.25, -0.2) is 4.98 Å². The Morgan fingerprint density at radius 2 is 2.03 bits per heavy atom. The number of benzene rings is 1. The molecule has 1 fully saturated rings. The van der Waals surface area contributed by atoms with Gasteiger partial charge in [0.1, 0.15) is 6.10 Å². The third-order valence-corrected chi connectivity index (χ3v) is 7.34. The van der Waals surface area contributed by atoms with Crippen molar-refractivity contribution in [3.05, 3.63) is 60.6 Å². The summed E-state index contributed by atoms with van der Waals surface area (Å²) in [5.74, 6) is 1.66. The summed E-state index contributed by atoms with van der Waals surface area (Å²) >= 11 is 0. The number of nitrogens with one attached hydrogen (secondary N) is 2. The zero-order chi connectivity index (χ0) is 24.4. The quantitative estimate of drug-likeness (QED) is 0.545. The van der Waals surface area contributed by atoms with Crippen molar-refractivity contribution in [2.45, 2.75) is 31.9 Å². The van der Waals surface area contributed by atoms with E-state index in [4.69, 9.17) is 4.74 Å². The minimum atomic E-state index is -0.118. The minimum absolute atomic E-state index is 0.000987. The Morgan fingerprint density at radius 3 is 2.77 bits per heavy atom. The van der Waals surface area contributed by atoms with E-state index in [0.29, 0.717) is 30.7 Å². The van der Waals surface area contributed by atoms with Gasteiger partial charge in [-0.05, 0) is 36.4 Å². The Morgan fingerprint density at radius 1 is 1.20 bits per heavy atom. The number of amides is 1. The average Bonchev–Trinajstić information content (AvgIpc) is 3.32. The highest BCUT2D eigenvalue weighted by atomic mass is 16.5. The first-order valence-electron chi connectivity index (χ1n) is 12.4. The van der Waals surface area contributed by atoms with Crippen molar-refractivity contribution in [3.63, 3.8) is 0 Å². The largest absolute Gasteiger partial charge is 0.469 e. The molecule has 5 rings (SSSR count). The summed E-state index contributed by atoms with van der Waals surface area (Å²) in [6.45, 7) is 4.57. The van der Waals surface area contributed by atoms with Crippen molar-refractivity contribution in [1.29, 1.82) is 0 Å². The summed E-state index contributed by atoms with van der Waals surface area (Å²) < 4.78 is 8.22. The van der Waals surface area contributed by atoms with Crippen LogP contribution in [0.15, 0.2) is 55.0 Å².